The minimum absolute atomic E-state index is 0.0391. The monoisotopic (exact) mass is 420 g/mol. The predicted octanol–water partition coefficient (Wildman–Crippen LogP) is 4.20. The molecule has 2 aromatic rings. The van der Waals surface area contributed by atoms with E-state index >= 15 is 0 Å². The number of para-hydroxylation sites is 2. The van der Waals surface area contributed by atoms with Gasteiger partial charge in [-0.15, -0.1) is 0 Å². The van der Waals surface area contributed by atoms with Gasteiger partial charge in [-0.1, -0.05) is 36.4 Å². The molecule has 6 heteroatoms. The topological polar surface area (TPSA) is 67.9 Å². The highest BCUT2D eigenvalue weighted by atomic mass is 16.5. The van der Waals surface area contributed by atoms with Crippen LogP contribution in [0.15, 0.2) is 60.3 Å². The smallest absolute Gasteiger partial charge is 0.232 e. The molecule has 1 atom stereocenters. The van der Waals surface area contributed by atoms with Gasteiger partial charge >= 0.3 is 0 Å². The van der Waals surface area contributed by atoms with Crippen molar-refractivity contribution in [1.29, 1.82) is 0 Å². The lowest BCUT2D eigenvalue weighted by atomic mass is 9.69. The normalized spacial score (nSPS) is 20.5. The lowest BCUT2D eigenvalue weighted by molar-refractivity contribution is -0.132. The van der Waals surface area contributed by atoms with Gasteiger partial charge in [0.05, 0.1) is 19.6 Å². The Kier molecular flexibility index (Phi) is 5.98. The number of ether oxygens (including phenoxy) is 2. The van der Waals surface area contributed by atoms with Gasteiger partial charge < -0.3 is 14.8 Å². The maximum atomic E-state index is 13.6. The van der Waals surface area contributed by atoms with E-state index in [2.05, 4.69) is 11.4 Å². The summed E-state index contributed by atoms with van der Waals surface area (Å²) < 4.78 is 10.9. The first-order valence-corrected chi connectivity index (χ1v) is 10.7. The van der Waals surface area contributed by atoms with Crippen molar-refractivity contribution < 1.29 is 19.1 Å². The van der Waals surface area contributed by atoms with E-state index in [4.69, 9.17) is 9.47 Å². The molecular formula is C25H28N2O4. The Morgan fingerprint density at radius 2 is 1.87 bits per heavy atom. The number of benzene rings is 2. The molecule has 1 fully saturated rings. The van der Waals surface area contributed by atoms with Crippen molar-refractivity contribution >= 4 is 17.5 Å². The van der Waals surface area contributed by atoms with Crippen LogP contribution in [0, 0.1) is 5.41 Å². The van der Waals surface area contributed by atoms with E-state index in [-0.39, 0.29) is 11.8 Å². The van der Waals surface area contributed by atoms with Crippen LogP contribution in [0.5, 0.6) is 11.5 Å². The summed E-state index contributed by atoms with van der Waals surface area (Å²) in [5.74, 6) is 1.24. The van der Waals surface area contributed by atoms with E-state index in [1.54, 1.807) is 19.1 Å². The van der Waals surface area contributed by atoms with Crippen molar-refractivity contribution in [3.63, 3.8) is 0 Å². The molecule has 1 heterocycles. The van der Waals surface area contributed by atoms with Gasteiger partial charge in [-0.2, -0.15) is 0 Å². The Hall–Kier alpha value is -3.28. The number of carbonyl (C=O) groups is 2. The number of allylic oxidation sites excluding steroid dienone is 1. The van der Waals surface area contributed by atoms with E-state index < -0.39 is 5.41 Å². The molecule has 0 spiro atoms. The Balaban J connectivity index is 1.62. The molecular weight excluding hydrogens is 392 g/mol. The van der Waals surface area contributed by atoms with Crippen LogP contribution in [0.25, 0.3) is 0 Å². The second-order valence-corrected chi connectivity index (χ2v) is 7.96. The summed E-state index contributed by atoms with van der Waals surface area (Å²) in [7, 11) is 3.18. The van der Waals surface area contributed by atoms with Crippen LogP contribution >= 0.6 is 0 Å². The zero-order valence-corrected chi connectivity index (χ0v) is 18.0. The molecule has 0 radical (unpaired) electrons. The third-order valence-corrected chi connectivity index (χ3v) is 6.26. The molecule has 0 bridgehead atoms. The van der Waals surface area contributed by atoms with Gasteiger partial charge in [0.1, 0.15) is 0 Å². The van der Waals surface area contributed by atoms with Gasteiger partial charge in [0.15, 0.2) is 11.5 Å². The summed E-state index contributed by atoms with van der Waals surface area (Å²) in [5.41, 5.74) is 1.77. The average molecular weight is 421 g/mol. The van der Waals surface area contributed by atoms with Crippen LogP contribution in [0.3, 0.4) is 0 Å². The summed E-state index contributed by atoms with van der Waals surface area (Å²) in [6, 6.07) is 15.2. The van der Waals surface area contributed by atoms with Crippen molar-refractivity contribution in [2.45, 2.75) is 38.6 Å². The van der Waals surface area contributed by atoms with Gasteiger partial charge in [-0.25, -0.2) is 0 Å². The molecule has 2 amide bonds. The number of methoxy groups -OCH3 is 2. The van der Waals surface area contributed by atoms with Gasteiger partial charge in [-0.05, 0) is 43.9 Å². The molecule has 162 valence electrons. The van der Waals surface area contributed by atoms with Crippen molar-refractivity contribution in [1.82, 2.24) is 5.32 Å². The minimum Gasteiger partial charge on any atom is -0.493 e. The number of fused-ring (bicyclic) bond motifs is 1. The quantitative estimate of drug-likeness (QED) is 0.761. The van der Waals surface area contributed by atoms with Crippen LogP contribution in [0.2, 0.25) is 0 Å². The maximum Gasteiger partial charge on any atom is 0.232 e. The van der Waals surface area contributed by atoms with Gasteiger partial charge in [-0.3, -0.25) is 14.5 Å². The van der Waals surface area contributed by atoms with Crippen molar-refractivity contribution in [2.24, 2.45) is 5.41 Å². The standard InChI is InChI=1S/C25H28N2O4/c1-30-20-12-8-9-18(23(20)31-2)17-26-24(29)25-15-7-6-13-21(25)27(22(28)14-16-25)19-10-4-3-5-11-19/h3-5,8-13H,6-7,14-17H2,1-2H3,(H,26,29). The van der Waals surface area contributed by atoms with Crippen molar-refractivity contribution in [3.8, 4) is 11.5 Å². The number of amides is 2. The maximum absolute atomic E-state index is 13.6. The first kappa shape index (κ1) is 21.0. The average Bonchev–Trinajstić information content (AvgIpc) is 2.82. The summed E-state index contributed by atoms with van der Waals surface area (Å²) >= 11 is 0. The Bertz CT molecular complexity index is 1000. The first-order chi connectivity index (χ1) is 15.1. The van der Waals surface area contributed by atoms with E-state index in [0.717, 1.165) is 36.2 Å². The SMILES string of the molecule is COc1cccc(CNC(=O)C23CCCC=C2N(c2ccccc2)C(=O)CC3)c1OC. The van der Waals surface area contributed by atoms with E-state index in [1.807, 2.05) is 48.5 Å². The molecule has 1 aliphatic carbocycles. The second-order valence-electron chi connectivity index (χ2n) is 7.96. The number of carbonyl (C=O) groups excluding carboxylic acids is 2. The molecule has 1 saturated heterocycles. The highest BCUT2D eigenvalue weighted by molar-refractivity contribution is 6.02. The molecule has 1 unspecified atom stereocenters. The van der Waals surface area contributed by atoms with Crippen LogP contribution in [-0.2, 0) is 16.1 Å². The fourth-order valence-corrected chi connectivity index (χ4v) is 4.73. The number of piperidine rings is 1. The molecule has 4 rings (SSSR count). The van der Waals surface area contributed by atoms with Crippen LogP contribution in [0.4, 0.5) is 5.69 Å². The van der Waals surface area contributed by atoms with Crippen LogP contribution in [-0.4, -0.2) is 26.0 Å². The molecule has 31 heavy (non-hydrogen) atoms. The first-order valence-electron chi connectivity index (χ1n) is 10.7. The summed E-state index contributed by atoms with van der Waals surface area (Å²) in [6.45, 7) is 0.327. The van der Waals surface area contributed by atoms with Crippen LogP contribution < -0.4 is 19.7 Å². The summed E-state index contributed by atoms with van der Waals surface area (Å²) in [5, 5.41) is 3.12. The molecule has 2 aliphatic rings. The Morgan fingerprint density at radius 1 is 1.06 bits per heavy atom. The molecule has 1 aliphatic heterocycles. The number of nitrogens with zero attached hydrogens (tertiary/aromatic N) is 1. The number of anilines is 1. The van der Waals surface area contributed by atoms with Crippen molar-refractivity contribution in [2.75, 3.05) is 19.1 Å². The Labute approximate surface area is 182 Å². The van der Waals surface area contributed by atoms with E-state index in [0.29, 0.717) is 30.9 Å². The highest BCUT2D eigenvalue weighted by Gasteiger charge is 2.49. The second kappa shape index (κ2) is 8.84. The lowest BCUT2D eigenvalue weighted by Gasteiger charge is -2.46. The molecule has 2 aromatic carbocycles. The highest BCUT2D eigenvalue weighted by Crippen LogP contribution is 2.48. The van der Waals surface area contributed by atoms with E-state index in [9.17, 15) is 9.59 Å². The minimum atomic E-state index is -0.700. The lowest BCUT2D eigenvalue weighted by Crippen LogP contribution is -2.53. The largest absolute Gasteiger partial charge is 0.493 e. The predicted molar refractivity (Wildman–Crippen MR) is 119 cm³/mol. The molecule has 0 saturated carbocycles. The zero-order chi connectivity index (χ0) is 21.8. The summed E-state index contributed by atoms with van der Waals surface area (Å²) in [4.78, 5) is 28.2. The molecule has 6 nitrogen and oxygen atoms in total. The number of hydrogen-bond donors (Lipinski definition) is 1. The number of nitrogens with one attached hydrogen (secondary N) is 1. The van der Waals surface area contributed by atoms with Gasteiger partial charge in [0.2, 0.25) is 11.8 Å². The molecule has 0 aromatic heterocycles. The third kappa shape index (κ3) is 3.78. The number of hydrogen-bond acceptors (Lipinski definition) is 4. The van der Waals surface area contributed by atoms with Gasteiger partial charge in [0, 0.05) is 29.9 Å². The third-order valence-electron chi connectivity index (χ3n) is 6.26. The molecule has 1 N–H and O–H groups in total. The Morgan fingerprint density at radius 3 is 2.61 bits per heavy atom. The number of rotatable bonds is 6. The zero-order valence-electron chi connectivity index (χ0n) is 18.0. The fourth-order valence-electron chi connectivity index (χ4n) is 4.73. The van der Waals surface area contributed by atoms with E-state index in [1.165, 1.54) is 0 Å². The van der Waals surface area contributed by atoms with Gasteiger partial charge in [0.25, 0.3) is 0 Å². The summed E-state index contributed by atoms with van der Waals surface area (Å²) in [6.07, 6.45) is 5.47. The van der Waals surface area contributed by atoms with Crippen LogP contribution in [0.1, 0.15) is 37.7 Å². The van der Waals surface area contributed by atoms with Crippen molar-refractivity contribution in [3.05, 3.63) is 65.9 Å². The fraction of sp³-hybridized carbons (Fsp3) is 0.360.